The van der Waals surface area contributed by atoms with Gasteiger partial charge >= 0.3 is 0 Å². The Hall–Kier alpha value is -2.80. The number of nitrogens with zero attached hydrogens (tertiary/aromatic N) is 5. The topological polar surface area (TPSA) is 80.0 Å². The Morgan fingerprint density at radius 3 is 2.78 bits per heavy atom. The van der Waals surface area contributed by atoms with Crippen LogP contribution in [0.4, 0.5) is 5.95 Å². The summed E-state index contributed by atoms with van der Waals surface area (Å²) in [4.78, 5) is 15.8. The minimum Gasteiger partial charge on any atom is -0.354 e. The predicted octanol–water partition coefficient (Wildman–Crippen LogP) is 3.69. The second-order valence-electron chi connectivity index (χ2n) is 6.79. The second kappa shape index (κ2) is 8.26. The first-order chi connectivity index (χ1) is 13.3. The molecule has 0 aliphatic carbocycles. The number of rotatable bonds is 7. The number of benzene rings is 1. The lowest BCUT2D eigenvalue weighted by Gasteiger charge is -2.21. The number of nitrogens with one attached hydrogen (secondary N) is 1. The fourth-order valence-electron chi connectivity index (χ4n) is 3.37. The largest absolute Gasteiger partial charge is 0.354 e. The molecule has 27 heavy (non-hydrogen) atoms. The third-order valence-electron chi connectivity index (χ3n) is 4.75. The van der Waals surface area contributed by atoms with E-state index in [0.29, 0.717) is 17.7 Å². The van der Waals surface area contributed by atoms with Crippen LogP contribution in [0.25, 0.3) is 11.4 Å². The number of hydrogen-bond donors (Lipinski definition) is 1. The van der Waals surface area contributed by atoms with Gasteiger partial charge in [0.1, 0.15) is 0 Å². The zero-order valence-electron chi connectivity index (χ0n) is 15.5. The van der Waals surface area contributed by atoms with Crippen LogP contribution < -0.4 is 5.32 Å². The number of likely N-dealkylation sites (tertiary alicyclic amines) is 1. The highest BCUT2D eigenvalue weighted by Crippen LogP contribution is 2.33. The maximum Gasteiger partial charge on any atom is 0.244 e. The molecular formula is C20H24N6O. The molecule has 0 radical (unpaired) electrons. The maximum atomic E-state index is 5.59. The lowest BCUT2D eigenvalue weighted by atomic mass is 10.2. The van der Waals surface area contributed by atoms with Crippen LogP contribution in [0.2, 0.25) is 0 Å². The lowest BCUT2D eigenvalue weighted by molar-refractivity contribution is 0.201. The third kappa shape index (κ3) is 4.14. The lowest BCUT2D eigenvalue weighted by Crippen LogP contribution is -2.23. The van der Waals surface area contributed by atoms with Crippen LogP contribution >= 0.6 is 0 Å². The molecule has 3 heterocycles. The molecule has 0 spiro atoms. The smallest absolute Gasteiger partial charge is 0.244 e. The summed E-state index contributed by atoms with van der Waals surface area (Å²) in [6.45, 7) is 4.79. The van der Waals surface area contributed by atoms with Crippen molar-refractivity contribution in [1.29, 1.82) is 0 Å². The summed E-state index contributed by atoms with van der Waals surface area (Å²) in [6, 6.07) is 10.1. The number of anilines is 1. The minimum atomic E-state index is 0.146. The van der Waals surface area contributed by atoms with Crippen LogP contribution in [0, 0.1) is 0 Å². The summed E-state index contributed by atoms with van der Waals surface area (Å²) in [5.74, 6) is 2.02. The Labute approximate surface area is 158 Å². The highest BCUT2D eigenvalue weighted by Gasteiger charge is 2.31. The molecule has 140 valence electrons. The molecular weight excluding hydrogens is 340 g/mol. The summed E-state index contributed by atoms with van der Waals surface area (Å²) >= 11 is 0. The van der Waals surface area contributed by atoms with Gasteiger partial charge in [0.2, 0.25) is 17.7 Å². The molecule has 1 fully saturated rings. The highest BCUT2D eigenvalue weighted by atomic mass is 16.5. The van der Waals surface area contributed by atoms with Crippen molar-refractivity contribution in [1.82, 2.24) is 25.0 Å². The first kappa shape index (κ1) is 17.6. The summed E-state index contributed by atoms with van der Waals surface area (Å²) < 4.78 is 5.59. The Bertz CT molecular complexity index is 848. The van der Waals surface area contributed by atoms with Crippen molar-refractivity contribution in [3.8, 4) is 11.4 Å². The van der Waals surface area contributed by atoms with Crippen LogP contribution in [-0.4, -0.2) is 38.1 Å². The van der Waals surface area contributed by atoms with Crippen molar-refractivity contribution < 1.29 is 4.52 Å². The van der Waals surface area contributed by atoms with Gasteiger partial charge in [-0.3, -0.25) is 4.90 Å². The Balaban J connectivity index is 1.44. The van der Waals surface area contributed by atoms with Crippen LogP contribution in [0.3, 0.4) is 0 Å². The molecule has 1 saturated heterocycles. The van der Waals surface area contributed by atoms with Crippen LogP contribution in [0.5, 0.6) is 0 Å². The second-order valence-corrected chi connectivity index (χ2v) is 6.79. The zero-order valence-corrected chi connectivity index (χ0v) is 15.5. The predicted molar refractivity (Wildman–Crippen MR) is 103 cm³/mol. The van der Waals surface area contributed by atoms with Crippen molar-refractivity contribution in [2.45, 2.75) is 38.8 Å². The van der Waals surface area contributed by atoms with Crippen LogP contribution in [-0.2, 0) is 6.54 Å². The molecule has 2 aromatic heterocycles. The van der Waals surface area contributed by atoms with Gasteiger partial charge in [0.15, 0.2) is 0 Å². The summed E-state index contributed by atoms with van der Waals surface area (Å²) in [7, 11) is 0. The Kier molecular flexibility index (Phi) is 5.39. The highest BCUT2D eigenvalue weighted by molar-refractivity contribution is 5.53. The normalized spacial score (nSPS) is 17.3. The van der Waals surface area contributed by atoms with E-state index in [1.165, 1.54) is 0 Å². The summed E-state index contributed by atoms with van der Waals surface area (Å²) in [5.41, 5.74) is 2.06. The fourth-order valence-corrected chi connectivity index (χ4v) is 3.37. The van der Waals surface area contributed by atoms with E-state index in [1.807, 2.05) is 42.7 Å². The van der Waals surface area contributed by atoms with E-state index in [1.54, 1.807) is 0 Å². The summed E-state index contributed by atoms with van der Waals surface area (Å²) in [6.07, 6.45) is 6.97. The van der Waals surface area contributed by atoms with Gasteiger partial charge in [-0.15, -0.1) is 0 Å². The van der Waals surface area contributed by atoms with Gasteiger partial charge in [-0.25, -0.2) is 9.97 Å². The monoisotopic (exact) mass is 364 g/mol. The Morgan fingerprint density at radius 1 is 1.19 bits per heavy atom. The molecule has 1 aliphatic rings. The van der Waals surface area contributed by atoms with E-state index in [9.17, 15) is 0 Å². The molecule has 0 amide bonds. The fraction of sp³-hybridized carbons (Fsp3) is 0.400. The molecule has 1 atom stereocenters. The third-order valence-corrected chi connectivity index (χ3v) is 4.75. The quantitative estimate of drug-likeness (QED) is 0.685. The molecule has 7 heteroatoms. The zero-order chi connectivity index (χ0) is 18.5. The van der Waals surface area contributed by atoms with E-state index in [4.69, 9.17) is 4.52 Å². The van der Waals surface area contributed by atoms with Crippen molar-refractivity contribution in [3.05, 3.63) is 54.2 Å². The van der Waals surface area contributed by atoms with Gasteiger partial charge in [0.25, 0.3) is 0 Å². The van der Waals surface area contributed by atoms with Gasteiger partial charge in [-0.05, 0) is 25.8 Å². The molecule has 0 bridgehead atoms. The van der Waals surface area contributed by atoms with Gasteiger partial charge in [0.05, 0.1) is 6.04 Å². The van der Waals surface area contributed by atoms with Crippen molar-refractivity contribution in [3.63, 3.8) is 0 Å². The van der Waals surface area contributed by atoms with Gasteiger partial charge in [-0.2, -0.15) is 4.98 Å². The molecule has 1 aromatic carbocycles. The maximum absolute atomic E-state index is 5.59. The average molecular weight is 364 g/mol. The van der Waals surface area contributed by atoms with E-state index < -0.39 is 0 Å². The van der Waals surface area contributed by atoms with E-state index in [0.717, 1.165) is 50.0 Å². The van der Waals surface area contributed by atoms with Crippen LogP contribution in [0.1, 0.15) is 43.7 Å². The number of aromatic nitrogens is 4. The van der Waals surface area contributed by atoms with Crippen molar-refractivity contribution >= 4 is 5.95 Å². The van der Waals surface area contributed by atoms with E-state index in [2.05, 4.69) is 37.2 Å². The molecule has 4 rings (SSSR count). The summed E-state index contributed by atoms with van der Waals surface area (Å²) in [5, 5.41) is 7.37. The van der Waals surface area contributed by atoms with Gasteiger partial charge in [0, 0.05) is 36.6 Å². The van der Waals surface area contributed by atoms with Crippen LogP contribution in [0.15, 0.2) is 47.2 Å². The van der Waals surface area contributed by atoms with Crippen molar-refractivity contribution in [2.75, 3.05) is 18.4 Å². The minimum absolute atomic E-state index is 0.146. The number of hydrogen-bond acceptors (Lipinski definition) is 7. The molecule has 1 unspecified atom stereocenters. The van der Waals surface area contributed by atoms with Crippen molar-refractivity contribution in [2.24, 2.45) is 0 Å². The first-order valence-corrected chi connectivity index (χ1v) is 9.51. The molecule has 7 nitrogen and oxygen atoms in total. The molecule has 0 saturated carbocycles. The van der Waals surface area contributed by atoms with Gasteiger partial charge < -0.3 is 9.84 Å². The van der Waals surface area contributed by atoms with Gasteiger partial charge in [-0.1, -0.05) is 42.4 Å². The first-order valence-electron chi connectivity index (χ1n) is 9.51. The van der Waals surface area contributed by atoms with E-state index in [-0.39, 0.29) is 6.04 Å². The van der Waals surface area contributed by atoms with E-state index >= 15 is 0 Å². The Morgan fingerprint density at radius 2 is 2.00 bits per heavy atom. The average Bonchev–Trinajstić information content (AvgIpc) is 3.37. The molecule has 1 aliphatic heterocycles. The molecule has 3 aromatic rings. The SMILES string of the molecule is CCCNc1ncc(CN2CCCC2c2nc(-c3ccccc3)no2)cn1. The standard InChI is InChI=1S/C20H24N6O/c1-2-10-21-20-22-12-15(13-23-20)14-26-11-6-9-17(26)19-24-18(25-27-19)16-7-4-3-5-8-16/h3-5,7-8,12-13,17H,2,6,9-11,14H2,1H3,(H,21,22,23). The molecule has 1 N–H and O–H groups in total.